The zero-order chi connectivity index (χ0) is 11.5. The van der Waals surface area contributed by atoms with Crippen molar-refractivity contribution in [3.05, 3.63) is 34.9 Å². The fourth-order valence-corrected chi connectivity index (χ4v) is 2.06. The molecule has 0 aliphatic carbocycles. The molecule has 1 aliphatic rings. The number of nitrogens with one attached hydrogen (secondary N) is 1. The highest BCUT2D eigenvalue weighted by Crippen LogP contribution is 2.23. The van der Waals surface area contributed by atoms with E-state index in [4.69, 9.17) is 11.6 Å². The van der Waals surface area contributed by atoms with Crippen LogP contribution in [0, 0.1) is 0 Å². The lowest BCUT2D eigenvalue weighted by Gasteiger charge is -2.33. The number of benzene rings is 1. The first kappa shape index (κ1) is 11.3. The Labute approximate surface area is 100 Å². The molecule has 1 aliphatic heterocycles. The zero-order valence-corrected chi connectivity index (χ0v) is 10.00. The molecule has 1 N–H and O–H groups in total. The Morgan fingerprint density at radius 2 is 2.06 bits per heavy atom. The van der Waals surface area contributed by atoms with Crippen molar-refractivity contribution < 1.29 is 4.79 Å². The molecule has 1 aromatic rings. The summed E-state index contributed by atoms with van der Waals surface area (Å²) in [4.78, 5) is 13.5. The van der Waals surface area contributed by atoms with Gasteiger partial charge in [-0.1, -0.05) is 23.7 Å². The van der Waals surface area contributed by atoms with Crippen LogP contribution in [0.1, 0.15) is 24.9 Å². The van der Waals surface area contributed by atoms with Crippen molar-refractivity contribution in [2.24, 2.45) is 0 Å². The van der Waals surface area contributed by atoms with Crippen LogP contribution in [0.15, 0.2) is 24.3 Å². The van der Waals surface area contributed by atoms with Crippen molar-refractivity contribution in [1.82, 2.24) is 10.2 Å². The van der Waals surface area contributed by atoms with E-state index in [0.717, 1.165) is 30.1 Å². The number of carbonyl (C=O) groups excluding carboxylic acids is 1. The number of nitrogens with zero attached hydrogens (tertiary/aromatic N) is 1. The minimum Gasteiger partial charge on any atom is -0.338 e. The molecule has 1 aromatic carbocycles. The fraction of sp³-hybridized carbons (Fsp3) is 0.417. The maximum Gasteiger partial charge on any atom is 0.317 e. The molecular weight excluding hydrogens is 224 g/mol. The van der Waals surface area contributed by atoms with Crippen LogP contribution in [0.25, 0.3) is 0 Å². The normalized spacial score (nSPS) is 18.1. The molecule has 0 saturated carbocycles. The van der Waals surface area contributed by atoms with Gasteiger partial charge in [0.1, 0.15) is 0 Å². The maximum absolute atomic E-state index is 11.7. The first-order valence-electron chi connectivity index (χ1n) is 5.48. The summed E-state index contributed by atoms with van der Waals surface area (Å²) in [5, 5.41) is 3.58. The van der Waals surface area contributed by atoms with Crippen molar-refractivity contribution in [2.75, 3.05) is 13.1 Å². The van der Waals surface area contributed by atoms with Gasteiger partial charge in [0.15, 0.2) is 0 Å². The van der Waals surface area contributed by atoms with Crippen LogP contribution in [0.5, 0.6) is 0 Å². The quantitative estimate of drug-likeness (QED) is 0.844. The van der Waals surface area contributed by atoms with Gasteiger partial charge < -0.3 is 10.2 Å². The van der Waals surface area contributed by atoms with Gasteiger partial charge in [-0.15, -0.1) is 0 Å². The highest BCUT2D eigenvalue weighted by Gasteiger charge is 2.23. The summed E-state index contributed by atoms with van der Waals surface area (Å²) in [6.07, 6.45) is 1.00. The van der Waals surface area contributed by atoms with Crippen LogP contribution in [0.2, 0.25) is 5.02 Å². The summed E-state index contributed by atoms with van der Waals surface area (Å²) in [6, 6.07) is 7.76. The summed E-state index contributed by atoms with van der Waals surface area (Å²) < 4.78 is 0. The van der Waals surface area contributed by atoms with E-state index >= 15 is 0 Å². The number of carbonyl (C=O) groups is 1. The standard InChI is InChI=1S/C12H15ClN2O/c1-9(10-3-5-11(13)6-4-10)15-8-2-7-14-12(15)16/h3-6,9H,2,7-8H2,1H3,(H,14,16). The van der Waals surface area contributed by atoms with Gasteiger partial charge in [-0.3, -0.25) is 0 Å². The van der Waals surface area contributed by atoms with Gasteiger partial charge in [-0.25, -0.2) is 4.79 Å². The average Bonchev–Trinajstić information content (AvgIpc) is 2.30. The van der Waals surface area contributed by atoms with E-state index in [9.17, 15) is 4.79 Å². The molecule has 1 fully saturated rings. The molecule has 0 radical (unpaired) electrons. The van der Waals surface area contributed by atoms with Gasteiger partial charge in [0, 0.05) is 18.1 Å². The van der Waals surface area contributed by atoms with Crippen molar-refractivity contribution in [1.29, 1.82) is 0 Å². The van der Waals surface area contributed by atoms with Crippen LogP contribution in [-0.2, 0) is 0 Å². The molecule has 1 atom stereocenters. The average molecular weight is 239 g/mol. The van der Waals surface area contributed by atoms with Gasteiger partial charge in [-0.05, 0) is 31.0 Å². The zero-order valence-electron chi connectivity index (χ0n) is 9.24. The SMILES string of the molecule is CC(c1ccc(Cl)cc1)N1CCCNC1=O. The van der Waals surface area contributed by atoms with E-state index in [1.54, 1.807) is 0 Å². The van der Waals surface area contributed by atoms with Gasteiger partial charge in [0.05, 0.1) is 6.04 Å². The molecule has 0 bridgehead atoms. The summed E-state index contributed by atoms with van der Waals surface area (Å²) in [5.74, 6) is 0. The Bertz CT molecular complexity index is 377. The minimum atomic E-state index is 0.0219. The van der Waals surface area contributed by atoms with Crippen LogP contribution in [0.4, 0.5) is 4.79 Å². The number of halogens is 1. The summed E-state index contributed by atoms with van der Waals surface area (Å²) in [6.45, 7) is 3.63. The molecule has 1 saturated heterocycles. The molecule has 2 rings (SSSR count). The molecule has 0 aromatic heterocycles. The van der Waals surface area contributed by atoms with Crippen LogP contribution in [-0.4, -0.2) is 24.0 Å². The van der Waals surface area contributed by atoms with E-state index in [1.807, 2.05) is 36.1 Å². The Hall–Kier alpha value is -1.22. The Morgan fingerprint density at radius 3 is 2.69 bits per heavy atom. The van der Waals surface area contributed by atoms with E-state index in [2.05, 4.69) is 5.32 Å². The second kappa shape index (κ2) is 4.74. The summed E-state index contributed by atoms with van der Waals surface area (Å²) >= 11 is 5.84. The lowest BCUT2D eigenvalue weighted by atomic mass is 10.1. The third-order valence-corrected chi connectivity index (χ3v) is 3.18. The smallest absolute Gasteiger partial charge is 0.317 e. The first-order chi connectivity index (χ1) is 7.68. The second-order valence-corrected chi connectivity index (χ2v) is 4.44. The predicted octanol–water partition coefficient (Wildman–Crippen LogP) is 2.82. The van der Waals surface area contributed by atoms with Crippen molar-refractivity contribution in [3.63, 3.8) is 0 Å². The molecule has 4 heteroatoms. The van der Waals surface area contributed by atoms with Crippen LogP contribution < -0.4 is 5.32 Å². The Balaban J connectivity index is 2.14. The highest BCUT2D eigenvalue weighted by atomic mass is 35.5. The van der Waals surface area contributed by atoms with Crippen molar-refractivity contribution in [3.8, 4) is 0 Å². The third kappa shape index (κ3) is 2.30. The topological polar surface area (TPSA) is 32.3 Å². The van der Waals surface area contributed by atoms with E-state index < -0.39 is 0 Å². The number of hydrogen-bond donors (Lipinski definition) is 1. The highest BCUT2D eigenvalue weighted by molar-refractivity contribution is 6.30. The van der Waals surface area contributed by atoms with Crippen molar-refractivity contribution >= 4 is 17.6 Å². The first-order valence-corrected chi connectivity index (χ1v) is 5.86. The maximum atomic E-state index is 11.7. The van der Waals surface area contributed by atoms with E-state index in [0.29, 0.717) is 0 Å². The van der Waals surface area contributed by atoms with Gasteiger partial charge in [0.2, 0.25) is 0 Å². The largest absolute Gasteiger partial charge is 0.338 e. The third-order valence-electron chi connectivity index (χ3n) is 2.93. The number of urea groups is 1. The van der Waals surface area contributed by atoms with Gasteiger partial charge in [-0.2, -0.15) is 0 Å². The van der Waals surface area contributed by atoms with Gasteiger partial charge >= 0.3 is 6.03 Å². The Morgan fingerprint density at radius 1 is 1.38 bits per heavy atom. The molecule has 1 heterocycles. The van der Waals surface area contributed by atoms with E-state index in [-0.39, 0.29) is 12.1 Å². The molecular formula is C12H15ClN2O. The van der Waals surface area contributed by atoms with Gasteiger partial charge in [0.25, 0.3) is 0 Å². The summed E-state index contributed by atoms with van der Waals surface area (Å²) in [5.41, 5.74) is 1.11. The molecule has 16 heavy (non-hydrogen) atoms. The van der Waals surface area contributed by atoms with Crippen LogP contribution >= 0.6 is 11.6 Å². The lowest BCUT2D eigenvalue weighted by molar-refractivity contribution is 0.166. The number of rotatable bonds is 2. The van der Waals surface area contributed by atoms with Crippen molar-refractivity contribution in [2.45, 2.75) is 19.4 Å². The predicted molar refractivity (Wildman–Crippen MR) is 64.6 cm³/mol. The molecule has 3 nitrogen and oxygen atoms in total. The molecule has 0 spiro atoms. The second-order valence-electron chi connectivity index (χ2n) is 4.01. The minimum absolute atomic E-state index is 0.0219. The lowest BCUT2D eigenvalue weighted by Crippen LogP contribution is -2.47. The molecule has 86 valence electrons. The van der Waals surface area contributed by atoms with Crippen LogP contribution in [0.3, 0.4) is 0 Å². The number of amides is 2. The Kier molecular flexibility index (Phi) is 3.34. The van der Waals surface area contributed by atoms with E-state index in [1.165, 1.54) is 0 Å². The number of hydrogen-bond acceptors (Lipinski definition) is 1. The fourth-order valence-electron chi connectivity index (χ4n) is 1.94. The molecule has 2 amide bonds. The monoisotopic (exact) mass is 238 g/mol. The molecule has 1 unspecified atom stereocenters. The summed E-state index contributed by atoms with van der Waals surface area (Å²) in [7, 11) is 0.